The highest BCUT2D eigenvalue weighted by Crippen LogP contribution is 2.35. The predicted molar refractivity (Wildman–Crippen MR) is 124 cm³/mol. The van der Waals surface area contributed by atoms with Gasteiger partial charge in [-0.2, -0.15) is 0 Å². The van der Waals surface area contributed by atoms with Crippen molar-refractivity contribution in [2.24, 2.45) is 0 Å². The van der Waals surface area contributed by atoms with E-state index in [9.17, 15) is 14.4 Å². The molecule has 162 valence electrons. The average Bonchev–Trinajstić information content (AvgIpc) is 3.42. The molecule has 1 aromatic heterocycles. The molecule has 2 aliphatic heterocycles. The molecule has 2 aliphatic rings. The lowest BCUT2D eigenvalue weighted by atomic mass is 10.2. The molecule has 31 heavy (non-hydrogen) atoms. The zero-order chi connectivity index (χ0) is 22.3. The minimum absolute atomic E-state index is 0.185. The lowest BCUT2D eigenvalue weighted by Crippen LogP contribution is -2.40. The Hall–Kier alpha value is -2.22. The van der Waals surface area contributed by atoms with Crippen LogP contribution in [0.4, 0.5) is 4.79 Å². The number of carbonyl (C=O) groups is 3. The minimum Gasteiger partial charge on any atom is -0.341 e. The van der Waals surface area contributed by atoms with Crippen molar-refractivity contribution in [2.45, 2.75) is 26.7 Å². The molecule has 0 saturated carbocycles. The highest BCUT2D eigenvalue weighted by atomic mass is 35.5. The Morgan fingerprint density at radius 1 is 1.16 bits per heavy atom. The topological polar surface area (TPSA) is 62.6 Å². The van der Waals surface area contributed by atoms with Crippen molar-refractivity contribution in [3.8, 4) is 5.69 Å². The zero-order valence-electron chi connectivity index (χ0n) is 17.2. The smallest absolute Gasteiger partial charge is 0.294 e. The summed E-state index contributed by atoms with van der Waals surface area (Å²) in [5, 5.41) is 0.478. The summed E-state index contributed by atoms with van der Waals surface area (Å²) in [6.45, 7) is 5.00. The lowest BCUT2D eigenvalue weighted by molar-refractivity contribution is -0.135. The third kappa shape index (κ3) is 4.14. The molecule has 1 aromatic carbocycles. The normalized spacial score (nSPS) is 18.0. The molecule has 0 radical (unpaired) electrons. The largest absolute Gasteiger partial charge is 0.341 e. The van der Waals surface area contributed by atoms with Crippen molar-refractivity contribution in [1.82, 2.24) is 14.4 Å². The van der Waals surface area contributed by atoms with Crippen molar-refractivity contribution in [3.63, 3.8) is 0 Å². The fourth-order valence-corrected chi connectivity index (χ4v) is 5.16. The number of nitrogens with zero attached hydrogens (tertiary/aromatic N) is 3. The molecule has 6 nitrogen and oxygen atoms in total. The first-order chi connectivity index (χ1) is 14.8. The van der Waals surface area contributed by atoms with Gasteiger partial charge >= 0.3 is 0 Å². The molecule has 2 aromatic rings. The molecular formula is C22H21Cl2N3O3S. The summed E-state index contributed by atoms with van der Waals surface area (Å²) < 4.78 is 1.96. The standard InChI is InChI=1S/C22H21Cl2N3O3S/c1-13-10-15(14(2)27(13)17-7-5-6-16(23)20(17)24)11-18-21(29)26(22(30)31-18)12-19(28)25-8-3-4-9-25/h5-7,10-11H,3-4,8-9,12H2,1-2H3/b18-11+. The molecule has 3 heterocycles. The van der Waals surface area contributed by atoms with Crippen molar-refractivity contribution >= 4 is 58.1 Å². The molecule has 0 bridgehead atoms. The second kappa shape index (κ2) is 8.73. The number of hydrogen-bond donors (Lipinski definition) is 0. The number of likely N-dealkylation sites (tertiary alicyclic amines) is 1. The summed E-state index contributed by atoms with van der Waals surface area (Å²) in [5.74, 6) is -0.622. The van der Waals surface area contributed by atoms with E-state index in [1.165, 1.54) is 0 Å². The second-order valence-electron chi connectivity index (χ2n) is 7.59. The van der Waals surface area contributed by atoms with Crippen LogP contribution in [0.2, 0.25) is 10.0 Å². The second-order valence-corrected chi connectivity index (χ2v) is 9.37. The molecule has 2 fully saturated rings. The molecule has 4 rings (SSSR count). The molecule has 0 N–H and O–H groups in total. The molecule has 0 atom stereocenters. The van der Waals surface area contributed by atoms with E-state index in [2.05, 4.69) is 0 Å². The van der Waals surface area contributed by atoms with Gasteiger partial charge in [0, 0.05) is 24.5 Å². The Balaban J connectivity index is 1.60. The van der Waals surface area contributed by atoms with E-state index in [1.807, 2.05) is 36.6 Å². The number of imide groups is 1. The summed E-state index contributed by atoms with van der Waals surface area (Å²) >= 11 is 13.4. The number of thioether (sulfide) groups is 1. The van der Waals surface area contributed by atoms with Gasteiger partial charge in [-0.3, -0.25) is 19.3 Å². The first-order valence-corrected chi connectivity index (χ1v) is 11.5. The van der Waals surface area contributed by atoms with Crippen molar-refractivity contribution < 1.29 is 14.4 Å². The highest BCUT2D eigenvalue weighted by Gasteiger charge is 2.37. The van der Waals surface area contributed by atoms with Crippen LogP contribution in [0, 0.1) is 13.8 Å². The summed E-state index contributed by atoms with van der Waals surface area (Å²) in [6.07, 6.45) is 3.61. The van der Waals surface area contributed by atoms with Crippen LogP contribution in [0.5, 0.6) is 0 Å². The highest BCUT2D eigenvalue weighted by molar-refractivity contribution is 8.18. The van der Waals surface area contributed by atoms with Crippen molar-refractivity contribution in [2.75, 3.05) is 19.6 Å². The van der Waals surface area contributed by atoms with Crippen LogP contribution in [0.1, 0.15) is 29.8 Å². The Bertz CT molecular complexity index is 1120. The van der Waals surface area contributed by atoms with E-state index >= 15 is 0 Å². The van der Waals surface area contributed by atoms with Crippen LogP contribution in [-0.2, 0) is 9.59 Å². The minimum atomic E-state index is -0.437. The number of rotatable bonds is 4. The molecule has 0 unspecified atom stereocenters. The van der Waals surface area contributed by atoms with Gasteiger partial charge in [-0.25, -0.2) is 0 Å². The van der Waals surface area contributed by atoms with Crippen LogP contribution in [0.3, 0.4) is 0 Å². The summed E-state index contributed by atoms with van der Waals surface area (Å²) in [5.41, 5.74) is 3.32. The Morgan fingerprint density at radius 3 is 2.58 bits per heavy atom. The number of aromatic nitrogens is 1. The van der Waals surface area contributed by atoms with Gasteiger partial charge in [-0.05, 0) is 68.3 Å². The summed E-state index contributed by atoms with van der Waals surface area (Å²) in [6, 6.07) is 7.35. The van der Waals surface area contributed by atoms with E-state index in [1.54, 1.807) is 17.0 Å². The number of halogens is 2. The maximum Gasteiger partial charge on any atom is 0.294 e. The number of carbonyl (C=O) groups excluding carboxylic acids is 3. The van der Waals surface area contributed by atoms with Gasteiger partial charge in [0.15, 0.2) is 0 Å². The van der Waals surface area contributed by atoms with Gasteiger partial charge in [0.05, 0.1) is 20.6 Å². The van der Waals surface area contributed by atoms with Gasteiger partial charge in [0.2, 0.25) is 5.91 Å². The van der Waals surface area contributed by atoms with E-state index in [4.69, 9.17) is 23.2 Å². The summed E-state index contributed by atoms with van der Waals surface area (Å²) in [7, 11) is 0. The lowest BCUT2D eigenvalue weighted by Gasteiger charge is -2.18. The first-order valence-electron chi connectivity index (χ1n) is 9.94. The van der Waals surface area contributed by atoms with E-state index in [0.29, 0.717) is 28.0 Å². The predicted octanol–water partition coefficient (Wildman–Crippen LogP) is 5.06. The quantitative estimate of drug-likeness (QED) is 0.577. The first kappa shape index (κ1) is 22.0. The van der Waals surface area contributed by atoms with Gasteiger partial charge in [0.1, 0.15) is 6.54 Å². The maximum atomic E-state index is 12.8. The van der Waals surface area contributed by atoms with Crippen molar-refractivity contribution in [1.29, 1.82) is 0 Å². The number of benzene rings is 1. The summed E-state index contributed by atoms with van der Waals surface area (Å²) in [4.78, 5) is 40.7. The number of aryl methyl sites for hydroxylation is 1. The monoisotopic (exact) mass is 477 g/mol. The van der Waals surface area contributed by atoms with E-state index < -0.39 is 11.1 Å². The Morgan fingerprint density at radius 2 is 1.87 bits per heavy atom. The molecule has 2 saturated heterocycles. The third-order valence-electron chi connectivity index (χ3n) is 5.55. The molecule has 9 heteroatoms. The van der Waals surface area contributed by atoms with Gasteiger partial charge < -0.3 is 9.47 Å². The van der Waals surface area contributed by atoms with Crippen molar-refractivity contribution in [3.05, 3.63) is 56.2 Å². The Labute approximate surface area is 194 Å². The fourth-order valence-electron chi connectivity index (χ4n) is 3.95. The molecule has 0 spiro atoms. The van der Waals surface area contributed by atoms with Crippen LogP contribution in [0.25, 0.3) is 11.8 Å². The maximum absolute atomic E-state index is 12.8. The van der Waals surface area contributed by atoms with Gasteiger partial charge in [-0.15, -0.1) is 0 Å². The zero-order valence-corrected chi connectivity index (χ0v) is 19.5. The van der Waals surface area contributed by atoms with Crippen LogP contribution >= 0.6 is 35.0 Å². The molecular weight excluding hydrogens is 457 g/mol. The van der Waals surface area contributed by atoms with E-state index in [0.717, 1.165) is 52.1 Å². The Kier molecular flexibility index (Phi) is 6.19. The van der Waals surface area contributed by atoms with Gasteiger partial charge in [0.25, 0.3) is 11.1 Å². The third-order valence-corrected chi connectivity index (χ3v) is 7.27. The van der Waals surface area contributed by atoms with E-state index in [-0.39, 0.29) is 12.5 Å². The number of amides is 3. The average molecular weight is 478 g/mol. The fraction of sp³-hybridized carbons (Fsp3) is 0.318. The van der Waals surface area contributed by atoms with Gasteiger partial charge in [-0.1, -0.05) is 29.3 Å². The molecule has 3 amide bonds. The number of hydrogen-bond acceptors (Lipinski definition) is 4. The van der Waals surface area contributed by atoms with Crippen LogP contribution in [-0.4, -0.2) is 51.1 Å². The van der Waals surface area contributed by atoms with Crippen LogP contribution < -0.4 is 0 Å². The SMILES string of the molecule is Cc1cc(/C=C2/SC(=O)N(CC(=O)N3CCCC3)C2=O)c(C)n1-c1cccc(Cl)c1Cl. The van der Waals surface area contributed by atoms with Crippen LogP contribution in [0.15, 0.2) is 29.2 Å². The molecule has 0 aliphatic carbocycles.